The Kier molecular flexibility index (Phi) is 3.69. The van der Waals surface area contributed by atoms with Crippen LogP contribution in [0.4, 0.5) is 11.4 Å². The number of nitro benzene ring substituents is 1. The zero-order valence-corrected chi connectivity index (χ0v) is 10.8. The Morgan fingerprint density at radius 1 is 1.32 bits per heavy atom. The van der Waals surface area contributed by atoms with E-state index in [1.165, 1.54) is 10.4 Å². The molecule has 0 unspecified atom stereocenters. The van der Waals surface area contributed by atoms with Crippen LogP contribution in [0, 0.1) is 10.1 Å². The molecule has 0 bridgehead atoms. The minimum absolute atomic E-state index is 0.0440. The highest BCUT2D eigenvalue weighted by Gasteiger charge is 2.27. The lowest BCUT2D eigenvalue weighted by atomic mass is 10.3. The molecule has 1 aromatic carbocycles. The Labute approximate surface area is 110 Å². The van der Waals surface area contributed by atoms with E-state index in [4.69, 9.17) is 10.5 Å². The summed E-state index contributed by atoms with van der Waals surface area (Å²) >= 11 is 0. The van der Waals surface area contributed by atoms with Gasteiger partial charge >= 0.3 is 0 Å². The summed E-state index contributed by atoms with van der Waals surface area (Å²) in [6, 6.07) is 3.41. The molecule has 0 spiro atoms. The summed E-state index contributed by atoms with van der Waals surface area (Å²) in [4.78, 5) is 9.94. The molecule has 0 aliphatic carbocycles. The van der Waals surface area contributed by atoms with Crippen molar-refractivity contribution in [3.63, 3.8) is 0 Å². The number of sulfonamides is 1. The van der Waals surface area contributed by atoms with Crippen LogP contribution in [0.2, 0.25) is 0 Å². The molecule has 2 rings (SSSR count). The molecule has 0 radical (unpaired) electrons. The van der Waals surface area contributed by atoms with Crippen molar-refractivity contribution in [2.45, 2.75) is 4.90 Å². The van der Waals surface area contributed by atoms with Crippen LogP contribution in [0.15, 0.2) is 23.1 Å². The number of benzene rings is 1. The molecule has 1 aliphatic rings. The largest absolute Gasteiger partial charge is 0.393 e. The molecule has 8 nitrogen and oxygen atoms in total. The fraction of sp³-hybridized carbons (Fsp3) is 0.400. The monoisotopic (exact) mass is 287 g/mol. The standard InChI is InChI=1S/C10H13N3O5S/c11-9-7-8(1-2-10(9)13(14)15)19(16,17)12-3-5-18-6-4-12/h1-2,7H,3-6,11H2. The SMILES string of the molecule is Nc1cc(S(=O)(=O)N2CCOCC2)ccc1[N+](=O)[O-]. The molecule has 0 saturated carbocycles. The Morgan fingerprint density at radius 2 is 1.95 bits per heavy atom. The lowest BCUT2D eigenvalue weighted by molar-refractivity contribution is -0.383. The number of ether oxygens (including phenoxy) is 1. The van der Waals surface area contributed by atoms with Crippen molar-refractivity contribution in [2.75, 3.05) is 32.0 Å². The number of anilines is 1. The lowest BCUT2D eigenvalue weighted by Crippen LogP contribution is -2.40. The van der Waals surface area contributed by atoms with Gasteiger partial charge in [-0.05, 0) is 12.1 Å². The van der Waals surface area contributed by atoms with Crippen LogP contribution in [-0.4, -0.2) is 43.9 Å². The average molecular weight is 287 g/mol. The summed E-state index contributed by atoms with van der Waals surface area (Å²) < 4.78 is 30.9. The van der Waals surface area contributed by atoms with Crippen molar-refractivity contribution < 1.29 is 18.1 Å². The molecule has 0 aromatic heterocycles. The molecule has 0 atom stereocenters. The van der Waals surface area contributed by atoms with Gasteiger partial charge in [-0.2, -0.15) is 4.31 Å². The van der Waals surface area contributed by atoms with Crippen molar-refractivity contribution in [3.05, 3.63) is 28.3 Å². The molecule has 1 saturated heterocycles. The van der Waals surface area contributed by atoms with Crippen molar-refractivity contribution in [1.29, 1.82) is 0 Å². The predicted molar refractivity (Wildman–Crippen MR) is 67.1 cm³/mol. The summed E-state index contributed by atoms with van der Waals surface area (Å²) in [5, 5.41) is 10.6. The predicted octanol–water partition coefficient (Wildman–Crippen LogP) is 0.198. The van der Waals surface area contributed by atoms with Gasteiger partial charge in [0.2, 0.25) is 10.0 Å². The van der Waals surface area contributed by atoms with Crippen molar-refractivity contribution >= 4 is 21.4 Å². The summed E-state index contributed by atoms with van der Waals surface area (Å²) in [6.07, 6.45) is 0. The van der Waals surface area contributed by atoms with Crippen molar-refractivity contribution in [3.8, 4) is 0 Å². The van der Waals surface area contributed by atoms with E-state index in [-0.39, 0.29) is 29.4 Å². The normalized spacial score (nSPS) is 17.3. The third-order valence-electron chi connectivity index (χ3n) is 2.80. The molecule has 1 heterocycles. The maximum atomic E-state index is 12.3. The van der Waals surface area contributed by atoms with Crippen LogP contribution < -0.4 is 5.73 Å². The minimum atomic E-state index is -3.68. The fourth-order valence-corrected chi connectivity index (χ4v) is 3.24. The van der Waals surface area contributed by atoms with Crippen LogP contribution >= 0.6 is 0 Å². The van der Waals surface area contributed by atoms with Crippen LogP contribution in [0.25, 0.3) is 0 Å². The fourth-order valence-electron chi connectivity index (χ4n) is 1.80. The van der Waals surface area contributed by atoms with E-state index in [0.717, 1.165) is 12.1 Å². The topological polar surface area (TPSA) is 116 Å². The molecule has 9 heteroatoms. The van der Waals surface area contributed by atoms with Gasteiger partial charge in [0.05, 0.1) is 23.0 Å². The second-order valence-electron chi connectivity index (χ2n) is 3.99. The Morgan fingerprint density at radius 3 is 2.47 bits per heavy atom. The first-order valence-electron chi connectivity index (χ1n) is 5.55. The number of hydrogen-bond acceptors (Lipinski definition) is 6. The number of morpholine rings is 1. The molecule has 1 fully saturated rings. The van der Waals surface area contributed by atoms with E-state index in [2.05, 4.69) is 0 Å². The quantitative estimate of drug-likeness (QED) is 0.482. The second-order valence-corrected chi connectivity index (χ2v) is 5.93. The van der Waals surface area contributed by atoms with E-state index < -0.39 is 14.9 Å². The maximum Gasteiger partial charge on any atom is 0.292 e. The van der Waals surface area contributed by atoms with Crippen molar-refractivity contribution in [2.24, 2.45) is 0 Å². The number of nitro groups is 1. The third kappa shape index (κ3) is 2.67. The van der Waals surface area contributed by atoms with Gasteiger partial charge in [-0.1, -0.05) is 0 Å². The highest BCUT2D eigenvalue weighted by molar-refractivity contribution is 7.89. The van der Waals surface area contributed by atoms with Crippen molar-refractivity contribution in [1.82, 2.24) is 4.31 Å². The first-order valence-corrected chi connectivity index (χ1v) is 6.99. The number of hydrogen-bond donors (Lipinski definition) is 1. The van der Waals surface area contributed by atoms with Gasteiger partial charge in [0.1, 0.15) is 5.69 Å². The van der Waals surface area contributed by atoms with Crippen LogP contribution in [-0.2, 0) is 14.8 Å². The van der Waals surface area contributed by atoms with Gasteiger partial charge in [0.15, 0.2) is 0 Å². The Balaban J connectivity index is 2.35. The number of nitrogen functional groups attached to an aromatic ring is 1. The van der Waals surface area contributed by atoms with Gasteiger partial charge in [0.25, 0.3) is 5.69 Å². The van der Waals surface area contributed by atoms with E-state index in [1.54, 1.807) is 0 Å². The molecule has 104 valence electrons. The highest BCUT2D eigenvalue weighted by atomic mass is 32.2. The summed E-state index contributed by atoms with van der Waals surface area (Å²) in [7, 11) is -3.68. The van der Waals surface area contributed by atoms with Gasteiger partial charge in [0, 0.05) is 19.2 Å². The summed E-state index contributed by atoms with van der Waals surface area (Å²) in [5.74, 6) is 0. The van der Waals surface area contributed by atoms with Gasteiger partial charge in [-0.25, -0.2) is 8.42 Å². The Bertz CT molecular complexity index is 595. The van der Waals surface area contributed by atoms with Crippen LogP contribution in [0.3, 0.4) is 0 Å². The smallest absolute Gasteiger partial charge is 0.292 e. The minimum Gasteiger partial charge on any atom is -0.393 e. The molecule has 19 heavy (non-hydrogen) atoms. The van der Waals surface area contributed by atoms with Gasteiger partial charge < -0.3 is 10.5 Å². The van der Waals surface area contributed by atoms with Gasteiger partial charge in [-0.3, -0.25) is 10.1 Å². The number of nitrogens with zero attached hydrogens (tertiary/aromatic N) is 2. The first-order chi connectivity index (χ1) is 8.93. The first kappa shape index (κ1) is 13.7. The number of nitrogens with two attached hydrogens (primary N) is 1. The summed E-state index contributed by atoms with van der Waals surface area (Å²) in [5.41, 5.74) is 5.03. The number of rotatable bonds is 3. The van der Waals surface area contributed by atoms with Crippen LogP contribution in [0.1, 0.15) is 0 Å². The molecular formula is C10H13N3O5S. The zero-order chi connectivity index (χ0) is 14.0. The zero-order valence-electron chi connectivity index (χ0n) is 9.98. The molecular weight excluding hydrogens is 274 g/mol. The summed E-state index contributed by atoms with van der Waals surface area (Å²) in [6.45, 7) is 1.20. The van der Waals surface area contributed by atoms with Gasteiger partial charge in [-0.15, -0.1) is 0 Å². The highest BCUT2D eigenvalue weighted by Crippen LogP contribution is 2.26. The molecule has 0 amide bonds. The van der Waals surface area contributed by atoms with E-state index in [9.17, 15) is 18.5 Å². The van der Waals surface area contributed by atoms with E-state index in [1.807, 2.05) is 0 Å². The maximum absolute atomic E-state index is 12.3. The average Bonchev–Trinajstić information content (AvgIpc) is 2.39. The second kappa shape index (κ2) is 5.11. The molecule has 1 aliphatic heterocycles. The van der Waals surface area contributed by atoms with E-state index >= 15 is 0 Å². The van der Waals surface area contributed by atoms with Crippen LogP contribution in [0.5, 0.6) is 0 Å². The lowest BCUT2D eigenvalue weighted by Gasteiger charge is -2.26. The third-order valence-corrected chi connectivity index (χ3v) is 4.70. The molecule has 2 N–H and O–H groups in total. The Hall–Kier alpha value is -1.71. The van der Waals surface area contributed by atoms with E-state index in [0.29, 0.717) is 13.2 Å². The molecule has 1 aromatic rings.